The molecule has 1 nitrogen and oxygen atoms in total. The van der Waals surface area contributed by atoms with Gasteiger partial charge in [0.25, 0.3) is 0 Å². The molecule has 0 heterocycles. The maximum absolute atomic E-state index is 13.7. The van der Waals surface area contributed by atoms with Gasteiger partial charge < -0.3 is 5.32 Å². The molecule has 0 aliphatic carbocycles. The van der Waals surface area contributed by atoms with Crippen LogP contribution >= 0.6 is 0 Å². The van der Waals surface area contributed by atoms with Crippen molar-refractivity contribution in [3.63, 3.8) is 0 Å². The summed E-state index contributed by atoms with van der Waals surface area (Å²) in [6.45, 7) is 8.18. The van der Waals surface area contributed by atoms with E-state index in [9.17, 15) is 13.2 Å². The van der Waals surface area contributed by atoms with Crippen LogP contribution in [0.2, 0.25) is 0 Å². The molecule has 1 aromatic carbocycles. The van der Waals surface area contributed by atoms with Gasteiger partial charge in [-0.1, -0.05) is 27.7 Å². The Morgan fingerprint density at radius 2 is 1.61 bits per heavy atom. The molecule has 0 amide bonds. The molecule has 0 atom stereocenters. The van der Waals surface area contributed by atoms with E-state index in [0.717, 1.165) is 12.1 Å². The van der Waals surface area contributed by atoms with Crippen LogP contribution in [0.4, 0.5) is 13.2 Å². The normalized spacial score (nSPS) is 12.2. The van der Waals surface area contributed by atoms with E-state index >= 15 is 0 Å². The average Bonchev–Trinajstić information content (AvgIpc) is 2.13. The smallest absolute Gasteiger partial charge is 0.132 e. The second kappa shape index (κ2) is 5.74. The molecule has 102 valence electrons. The van der Waals surface area contributed by atoms with E-state index in [4.69, 9.17) is 0 Å². The molecule has 1 N–H and O–H groups in total. The Labute approximate surface area is 106 Å². The number of rotatable bonds is 5. The lowest BCUT2D eigenvalue weighted by Crippen LogP contribution is -2.30. The quantitative estimate of drug-likeness (QED) is 0.848. The van der Waals surface area contributed by atoms with Gasteiger partial charge in [0, 0.05) is 23.7 Å². The van der Waals surface area contributed by atoms with Crippen molar-refractivity contribution >= 4 is 0 Å². The predicted molar refractivity (Wildman–Crippen MR) is 67.1 cm³/mol. The van der Waals surface area contributed by atoms with Gasteiger partial charge >= 0.3 is 0 Å². The number of nitrogens with one attached hydrogen (secondary N) is 1. The fourth-order valence-electron chi connectivity index (χ4n) is 1.99. The zero-order chi connectivity index (χ0) is 13.9. The third-order valence-electron chi connectivity index (χ3n) is 2.99. The highest BCUT2D eigenvalue weighted by Gasteiger charge is 2.28. The van der Waals surface area contributed by atoms with Crippen molar-refractivity contribution in [2.24, 2.45) is 0 Å². The van der Waals surface area contributed by atoms with Gasteiger partial charge in [0.15, 0.2) is 0 Å². The molecule has 0 saturated heterocycles. The molecule has 0 bridgehead atoms. The van der Waals surface area contributed by atoms with E-state index in [1.165, 1.54) is 0 Å². The molecule has 1 aromatic rings. The van der Waals surface area contributed by atoms with Crippen LogP contribution in [0, 0.1) is 17.5 Å². The van der Waals surface area contributed by atoms with E-state index in [-0.39, 0.29) is 5.56 Å². The van der Waals surface area contributed by atoms with Gasteiger partial charge in [-0.15, -0.1) is 0 Å². The summed E-state index contributed by atoms with van der Waals surface area (Å²) >= 11 is 0. The van der Waals surface area contributed by atoms with Crippen LogP contribution in [-0.2, 0) is 5.41 Å². The molecular weight excluding hydrogens is 239 g/mol. The first kappa shape index (κ1) is 15.0. The van der Waals surface area contributed by atoms with Gasteiger partial charge in [0.2, 0.25) is 0 Å². The first-order chi connectivity index (χ1) is 8.24. The summed E-state index contributed by atoms with van der Waals surface area (Å²) in [5, 5.41) is 3.20. The zero-order valence-corrected chi connectivity index (χ0v) is 11.3. The van der Waals surface area contributed by atoms with Crippen LogP contribution < -0.4 is 5.32 Å². The lowest BCUT2D eigenvalue weighted by Gasteiger charge is -2.27. The Balaban J connectivity index is 2.90. The van der Waals surface area contributed by atoms with Gasteiger partial charge in [-0.2, -0.15) is 0 Å². The maximum Gasteiger partial charge on any atom is 0.132 e. The van der Waals surface area contributed by atoms with Crippen LogP contribution in [-0.4, -0.2) is 12.6 Å². The van der Waals surface area contributed by atoms with Gasteiger partial charge in [-0.3, -0.25) is 0 Å². The molecule has 1 rings (SSSR count). The van der Waals surface area contributed by atoms with E-state index in [0.29, 0.717) is 19.0 Å². The lowest BCUT2D eigenvalue weighted by molar-refractivity contribution is 0.397. The van der Waals surface area contributed by atoms with Gasteiger partial charge in [0.05, 0.1) is 0 Å². The lowest BCUT2D eigenvalue weighted by atomic mass is 9.80. The third kappa shape index (κ3) is 3.73. The molecule has 0 aliphatic rings. The van der Waals surface area contributed by atoms with Crippen molar-refractivity contribution < 1.29 is 13.2 Å². The topological polar surface area (TPSA) is 12.0 Å². The van der Waals surface area contributed by atoms with Gasteiger partial charge in [0.1, 0.15) is 17.5 Å². The Morgan fingerprint density at radius 1 is 1.11 bits per heavy atom. The second-order valence-electron chi connectivity index (χ2n) is 5.49. The van der Waals surface area contributed by atoms with Crippen LogP contribution in [0.3, 0.4) is 0 Å². The summed E-state index contributed by atoms with van der Waals surface area (Å²) in [5.74, 6) is -2.52. The Bertz CT molecular complexity index is 390. The predicted octanol–water partition coefficient (Wildman–Crippen LogP) is 3.77. The Kier molecular flexibility index (Phi) is 4.79. The van der Waals surface area contributed by atoms with Crippen LogP contribution in [0.15, 0.2) is 12.1 Å². The zero-order valence-electron chi connectivity index (χ0n) is 11.3. The minimum Gasteiger partial charge on any atom is -0.315 e. The Hall–Kier alpha value is -1.03. The monoisotopic (exact) mass is 259 g/mol. The standard InChI is InChI=1S/C14H20F3N/c1-9(2)18-6-5-14(3,4)13-11(16)7-10(15)8-12(13)17/h7-9,18H,5-6H2,1-4H3. The minimum atomic E-state index is -0.884. The van der Waals surface area contributed by atoms with Crippen LogP contribution in [0.25, 0.3) is 0 Å². The molecule has 0 radical (unpaired) electrons. The molecule has 18 heavy (non-hydrogen) atoms. The van der Waals surface area contributed by atoms with Crippen molar-refractivity contribution in [1.29, 1.82) is 0 Å². The van der Waals surface area contributed by atoms with Crippen molar-refractivity contribution in [2.45, 2.75) is 45.6 Å². The Morgan fingerprint density at radius 3 is 2.06 bits per heavy atom. The van der Waals surface area contributed by atoms with Gasteiger partial charge in [-0.05, 0) is 18.4 Å². The van der Waals surface area contributed by atoms with Crippen molar-refractivity contribution in [2.75, 3.05) is 6.54 Å². The van der Waals surface area contributed by atoms with E-state index < -0.39 is 22.9 Å². The van der Waals surface area contributed by atoms with Crippen LogP contribution in [0.1, 0.15) is 39.7 Å². The van der Waals surface area contributed by atoms with E-state index in [2.05, 4.69) is 5.32 Å². The average molecular weight is 259 g/mol. The highest BCUT2D eigenvalue weighted by molar-refractivity contribution is 5.28. The molecule has 0 saturated carbocycles. The summed E-state index contributed by atoms with van der Waals surface area (Å²) < 4.78 is 40.2. The third-order valence-corrected chi connectivity index (χ3v) is 2.99. The SMILES string of the molecule is CC(C)NCCC(C)(C)c1c(F)cc(F)cc1F. The number of benzene rings is 1. The summed E-state index contributed by atoms with van der Waals surface area (Å²) in [7, 11) is 0. The molecular formula is C14H20F3N. The second-order valence-corrected chi connectivity index (χ2v) is 5.49. The molecule has 0 aliphatic heterocycles. The van der Waals surface area contributed by atoms with E-state index in [1.54, 1.807) is 13.8 Å². The fourth-order valence-corrected chi connectivity index (χ4v) is 1.99. The summed E-state index contributed by atoms with van der Waals surface area (Å²) in [4.78, 5) is 0. The highest BCUT2D eigenvalue weighted by Crippen LogP contribution is 2.31. The summed E-state index contributed by atoms with van der Waals surface area (Å²) in [6.07, 6.45) is 0.574. The largest absolute Gasteiger partial charge is 0.315 e. The molecule has 0 spiro atoms. The fraction of sp³-hybridized carbons (Fsp3) is 0.571. The van der Waals surface area contributed by atoms with Crippen molar-refractivity contribution in [1.82, 2.24) is 5.32 Å². The van der Waals surface area contributed by atoms with Crippen molar-refractivity contribution in [3.05, 3.63) is 35.1 Å². The molecule has 0 fully saturated rings. The molecule has 0 unspecified atom stereocenters. The van der Waals surface area contributed by atoms with Crippen molar-refractivity contribution in [3.8, 4) is 0 Å². The first-order valence-electron chi connectivity index (χ1n) is 6.12. The minimum absolute atomic E-state index is 0.0468. The molecule has 0 aromatic heterocycles. The highest BCUT2D eigenvalue weighted by atomic mass is 19.1. The number of halogens is 3. The summed E-state index contributed by atoms with van der Waals surface area (Å²) in [6, 6.07) is 1.79. The number of hydrogen-bond donors (Lipinski definition) is 1. The molecule has 4 heteroatoms. The summed E-state index contributed by atoms with van der Waals surface area (Å²) in [5.41, 5.74) is -0.724. The van der Waals surface area contributed by atoms with Gasteiger partial charge in [-0.25, -0.2) is 13.2 Å². The number of hydrogen-bond acceptors (Lipinski definition) is 1. The van der Waals surface area contributed by atoms with Crippen LogP contribution in [0.5, 0.6) is 0 Å². The maximum atomic E-state index is 13.7. The van der Waals surface area contributed by atoms with E-state index in [1.807, 2.05) is 13.8 Å². The first-order valence-corrected chi connectivity index (χ1v) is 6.12.